The molecule has 0 radical (unpaired) electrons. The van der Waals surface area contributed by atoms with Crippen LogP contribution in [-0.2, 0) is 6.42 Å². The van der Waals surface area contributed by atoms with Gasteiger partial charge in [-0.25, -0.2) is 0 Å². The first kappa shape index (κ1) is 13.6. The molecule has 0 heterocycles. The maximum absolute atomic E-state index is 10.5. The third kappa shape index (κ3) is 2.60. The highest BCUT2D eigenvalue weighted by Crippen LogP contribution is 2.39. The Kier molecular flexibility index (Phi) is 3.79. The van der Waals surface area contributed by atoms with E-state index in [1.807, 2.05) is 39.0 Å². The van der Waals surface area contributed by atoms with E-state index < -0.39 is 11.7 Å². The lowest BCUT2D eigenvalue weighted by Crippen LogP contribution is -2.36. The van der Waals surface area contributed by atoms with E-state index in [1.54, 1.807) is 0 Å². The standard InChI is InChI=1S/C16H24O2/c1-11(2)16(3,18)10-13-9-8-12-6-4-5-7-14(12)15(13)17/h4-7,11,13,15,17-18H,8-10H2,1-3H3. The number of fused-ring (bicyclic) bond motifs is 1. The molecule has 1 aromatic carbocycles. The van der Waals surface area contributed by atoms with Gasteiger partial charge >= 0.3 is 0 Å². The second-order valence-corrected chi connectivity index (χ2v) is 6.16. The minimum atomic E-state index is -0.696. The van der Waals surface area contributed by atoms with Gasteiger partial charge in [0, 0.05) is 0 Å². The van der Waals surface area contributed by atoms with Crippen molar-refractivity contribution in [1.29, 1.82) is 0 Å². The molecule has 2 rings (SSSR count). The van der Waals surface area contributed by atoms with Gasteiger partial charge in [-0.1, -0.05) is 38.1 Å². The summed E-state index contributed by atoms with van der Waals surface area (Å²) in [4.78, 5) is 0. The average molecular weight is 248 g/mol. The first-order valence-electron chi connectivity index (χ1n) is 6.90. The molecule has 0 fully saturated rings. The van der Waals surface area contributed by atoms with Crippen LogP contribution in [0.25, 0.3) is 0 Å². The van der Waals surface area contributed by atoms with Gasteiger partial charge in [-0.15, -0.1) is 0 Å². The van der Waals surface area contributed by atoms with E-state index in [0.29, 0.717) is 6.42 Å². The summed E-state index contributed by atoms with van der Waals surface area (Å²) in [6.45, 7) is 5.94. The van der Waals surface area contributed by atoms with Crippen molar-refractivity contribution in [3.63, 3.8) is 0 Å². The Balaban J connectivity index is 2.15. The van der Waals surface area contributed by atoms with Crippen molar-refractivity contribution in [2.45, 2.75) is 51.7 Å². The van der Waals surface area contributed by atoms with Crippen LogP contribution in [0.1, 0.15) is 50.8 Å². The second kappa shape index (κ2) is 5.02. The Morgan fingerprint density at radius 3 is 2.67 bits per heavy atom. The predicted molar refractivity (Wildman–Crippen MR) is 73.3 cm³/mol. The Hall–Kier alpha value is -0.860. The average Bonchev–Trinajstić information content (AvgIpc) is 2.33. The molecular weight excluding hydrogens is 224 g/mol. The van der Waals surface area contributed by atoms with Gasteiger partial charge in [0.15, 0.2) is 0 Å². The minimum Gasteiger partial charge on any atom is -0.390 e. The Morgan fingerprint density at radius 2 is 2.00 bits per heavy atom. The first-order valence-corrected chi connectivity index (χ1v) is 6.90. The van der Waals surface area contributed by atoms with Crippen molar-refractivity contribution in [2.75, 3.05) is 0 Å². The number of aliphatic hydroxyl groups is 2. The molecule has 1 aliphatic rings. The summed E-state index contributed by atoms with van der Waals surface area (Å²) in [5.41, 5.74) is 1.61. The lowest BCUT2D eigenvalue weighted by molar-refractivity contribution is -0.0363. The number of aryl methyl sites for hydroxylation is 1. The molecule has 0 amide bonds. The molecule has 3 unspecified atom stereocenters. The molecule has 0 saturated heterocycles. The van der Waals surface area contributed by atoms with Crippen molar-refractivity contribution in [2.24, 2.45) is 11.8 Å². The highest BCUT2D eigenvalue weighted by atomic mass is 16.3. The normalized spacial score (nSPS) is 26.8. The zero-order valence-corrected chi connectivity index (χ0v) is 11.6. The molecule has 1 aromatic rings. The molecule has 0 spiro atoms. The van der Waals surface area contributed by atoms with Crippen LogP contribution in [0, 0.1) is 11.8 Å². The Bertz CT molecular complexity index is 409. The maximum Gasteiger partial charge on any atom is 0.0822 e. The molecule has 0 aliphatic heterocycles. The van der Waals surface area contributed by atoms with Gasteiger partial charge < -0.3 is 10.2 Å². The van der Waals surface area contributed by atoms with Gasteiger partial charge in [0.25, 0.3) is 0 Å². The van der Waals surface area contributed by atoms with Crippen LogP contribution in [-0.4, -0.2) is 15.8 Å². The SMILES string of the molecule is CC(C)C(C)(O)CC1CCc2ccccc2C1O. The van der Waals surface area contributed by atoms with Crippen LogP contribution in [0.2, 0.25) is 0 Å². The highest BCUT2D eigenvalue weighted by Gasteiger charge is 2.35. The zero-order valence-electron chi connectivity index (χ0n) is 11.6. The van der Waals surface area contributed by atoms with E-state index in [-0.39, 0.29) is 11.8 Å². The Labute approximate surface area is 110 Å². The summed E-state index contributed by atoms with van der Waals surface area (Å²) in [5, 5.41) is 20.9. The molecule has 2 nitrogen and oxygen atoms in total. The fourth-order valence-electron chi connectivity index (χ4n) is 2.78. The summed E-state index contributed by atoms with van der Waals surface area (Å²) < 4.78 is 0. The van der Waals surface area contributed by atoms with Crippen molar-refractivity contribution in [3.8, 4) is 0 Å². The third-order valence-electron chi connectivity index (χ3n) is 4.52. The molecular formula is C16H24O2. The summed E-state index contributed by atoms with van der Waals surface area (Å²) in [7, 11) is 0. The Morgan fingerprint density at radius 1 is 1.33 bits per heavy atom. The smallest absolute Gasteiger partial charge is 0.0822 e. The lowest BCUT2D eigenvalue weighted by Gasteiger charge is -2.37. The largest absolute Gasteiger partial charge is 0.390 e. The monoisotopic (exact) mass is 248 g/mol. The van der Waals surface area contributed by atoms with Crippen molar-refractivity contribution in [3.05, 3.63) is 35.4 Å². The maximum atomic E-state index is 10.5. The molecule has 0 aromatic heterocycles. The van der Waals surface area contributed by atoms with Crippen molar-refractivity contribution < 1.29 is 10.2 Å². The number of hydrogen-bond acceptors (Lipinski definition) is 2. The van der Waals surface area contributed by atoms with Gasteiger partial charge in [-0.05, 0) is 49.1 Å². The number of aliphatic hydroxyl groups excluding tert-OH is 1. The van der Waals surface area contributed by atoms with E-state index in [4.69, 9.17) is 0 Å². The minimum absolute atomic E-state index is 0.164. The lowest BCUT2D eigenvalue weighted by atomic mass is 9.74. The van der Waals surface area contributed by atoms with Crippen LogP contribution < -0.4 is 0 Å². The summed E-state index contributed by atoms with van der Waals surface area (Å²) in [5.74, 6) is 0.374. The van der Waals surface area contributed by atoms with E-state index in [0.717, 1.165) is 18.4 Å². The van der Waals surface area contributed by atoms with Gasteiger partial charge in [-0.2, -0.15) is 0 Å². The van der Waals surface area contributed by atoms with Crippen LogP contribution >= 0.6 is 0 Å². The molecule has 3 atom stereocenters. The van der Waals surface area contributed by atoms with Gasteiger partial charge in [-0.3, -0.25) is 0 Å². The fourth-order valence-corrected chi connectivity index (χ4v) is 2.78. The first-order chi connectivity index (χ1) is 8.42. The van der Waals surface area contributed by atoms with E-state index in [2.05, 4.69) is 6.07 Å². The number of benzene rings is 1. The summed E-state index contributed by atoms with van der Waals surface area (Å²) >= 11 is 0. The van der Waals surface area contributed by atoms with Gasteiger partial charge in [0.05, 0.1) is 11.7 Å². The van der Waals surface area contributed by atoms with E-state index in [1.165, 1.54) is 5.56 Å². The number of hydrogen-bond donors (Lipinski definition) is 2. The van der Waals surface area contributed by atoms with Crippen molar-refractivity contribution in [1.82, 2.24) is 0 Å². The number of rotatable bonds is 3. The molecule has 2 N–H and O–H groups in total. The summed E-state index contributed by atoms with van der Waals surface area (Å²) in [6, 6.07) is 8.10. The second-order valence-electron chi connectivity index (χ2n) is 6.16. The molecule has 100 valence electrons. The fraction of sp³-hybridized carbons (Fsp3) is 0.625. The quantitative estimate of drug-likeness (QED) is 0.863. The third-order valence-corrected chi connectivity index (χ3v) is 4.52. The molecule has 0 saturated carbocycles. The summed E-state index contributed by atoms with van der Waals surface area (Å²) in [6.07, 6.45) is 2.20. The molecule has 18 heavy (non-hydrogen) atoms. The van der Waals surface area contributed by atoms with Crippen LogP contribution in [0.3, 0.4) is 0 Å². The highest BCUT2D eigenvalue weighted by molar-refractivity contribution is 5.31. The van der Waals surface area contributed by atoms with E-state index in [9.17, 15) is 10.2 Å². The van der Waals surface area contributed by atoms with Crippen molar-refractivity contribution >= 4 is 0 Å². The predicted octanol–water partition coefficient (Wildman–Crippen LogP) is 3.08. The van der Waals surface area contributed by atoms with Gasteiger partial charge in [0.2, 0.25) is 0 Å². The van der Waals surface area contributed by atoms with Crippen LogP contribution in [0.4, 0.5) is 0 Å². The zero-order chi connectivity index (χ0) is 13.3. The van der Waals surface area contributed by atoms with Gasteiger partial charge in [0.1, 0.15) is 0 Å². The van der Waals surface area contributed by atoms with E-state index >= 15 is 0 Å². The topological polar surface area (TPSA) is 40.5 Å². The molecule has 1 aliphatic carbocycles. The van der Waals surface area contributed by atoms with Crippen LogP contribution in [0.15, 0.2) is 24.3 Å². The molecule has 2 heteroatoms. The molecule has 0 bridgehead atoms. The van der Waals surface area contributed by atoms with Crippen LogP contribution in [0.5, 0.6) is 0 Å².